The lowest BCUT2D eigenvalue weighted by molar-refractivity contribution is 0.462. The summed E-state index contributed by atoms with van der Waals surface area (Å²) in [5.41, 5.74) is 0. The van der Waals surface area contributed by atoms with E-state index in [2.05, 4.69) is 22.2 Å². The van der Waals surface area contributed by atoms with Gasteiger partial charge in [0.2, 0.25) is 11.8 Å². The first-order valence-electron chi connectivity index (χ1n) is 5.68. The second-order valence-electron chi connectivity index (χ2n) is 3.56. The average Bonchev–Trinajstić information content (AvgIpc) is 2.38. The minimum Gasteiger partial charge on any atom is -0.439 e. The largest absolute Gasteiger partial charge is 0.439 e. The number of nitrogens with one attached hydrogen (secondary N) is 1. The van der Waals surface area contributed by atoms with Crippen LogP contribution in [0.1, 0.15) is 13.3 Å². The summed E-state index contributed by atoms with van der Waals surface area (Å²) in [7, 11) is 0. The number of aromatic nitrogens is 2. The standard InChI is InChI=1S/C13H15N3O/c1-2-9-14-13-15-10-8-12(16-13)17-11-6-4-3-5-7-11/h3-8,10H,2,9H2,1H3,(H,14,15,16). The highest BCUT2D eigenvalue weighted by molar-refractivity contribution is 5.31. The van der Waals surface area contributed by atoms with Crippen LogP contribution in [0.3, 0.4) is 0 Å². The third-order valence-electron chi connectivity index (χ3n) is 2.13. The van der Waals surface area contributed by atoms with Crippen molar-refractivity contribution in [1.29, 1.82) is 0 Å². The number of para-hydroxylation sites is 1. The number of nitrogens with zero attached hydrogens (tertiary/aromatic N) is 2. The Bertz CT molecular complexity index is 459. The van der Waals surface area contributed by atoms with Crippen LogP contribution < -0.4 is 10.1 Å². The predicted molar refractivity (Wildman–Crippen MR) is 67.3 cm³/mol. The highest BCUT2D eigenvalue weighted by Gasteiger charge is 2.00. The molecule has 0 aliphatic rings. The van der Waals surface area contributed by atoms with E-state index in [-0.39, 0.29) is 0 Å². The van der Waals surface area contributed by atoms with Gasteiger partial charge in [0.05, 0.1) is 0 Å². The quantitative estimate of drug-likeness (QED) is 0.855. The van der Waals surface area contributed by atoms with E-state index >= 15 is 0 Å². The van der Waals surface area contributed by atoms with Crippen LogP contribution in [-0.2, 0) is 0 Å². The third-order valence-corrected chi connectivity index (χ3v) is 2.13. The monoisotopic (exact) mass is 229 g/mol. The lowest BCUT2D eigenvalue weighted by Gasteiger charge is -2.06. The summed E-state index contributed by atoms with van der Waals surface area (Å²) in [5, 5.41) is 3.12. The van der Waals surface area contributed by atoms with Gasteiger partial charge in [0.15, 0.2) is 0 Å². The highest BCUT2D eigenvalue weighted by Crippen LogP contribution is 2.18. The molecule has 1 heterocycles. The molecule has 1 aromatic carbocycles. The maximum atomic E-state index is 5.61. The summed E-state index contributed by atoms with van der Waals surface area (Å²) in [6.45, 7) is 2.95. The minimum absolute atomic E-state index is 0.546. The van der Waals surface area contributed by atoms with Crippen molar-refractivity contribution in [2.75, 3.05) is 11.9 Å². The van der Waals surface area contributed by atoms with Crippen LogP contribution >= 0.6 is 0 Å². The molecule has 0 atom stereocenters. The molecule has 4 nitrogen and oxygen atoms in total. The lowest BCUT2D eigenvalue weighted by atomic mass is 10.3. The van der Waals surface area contributed by atoms with Crippen LogP contribution in [0, 0.1) is 0 Å². The number of hydrogen-bond donors (Lipinski definition) is 1. The van der Waals surface area contributed by atoms with Gasteiger partial charge in [-0.2, -0.15) is 4.98 Å². The Balaban J connectivity index is 2.06. The van der Waals surface area contributed by atoms with Crippen molar-refractivity contribution in [3.8, 4) is 11.6 Å². The highest BCUT2D eigenvalue weighted by atomic mass is 16.5. The lowest BCUT2D eigenvalue weighted by Crippen LogP contribution is -2.04. The Morgan fingerprint density at radius 3 is 2.76 bits per heavy atom. The topological polar surface area (TPSA) is 47.0 Å². The summed E-state index contributed by atoms with van der Waals surface area (Å²) < 4.78 is 5.61. The number of benzene rings is 1. The van der Waals surface area contributed by atoms with E-state index in [1.165, 1.54) is 0 Å². The van der Waals surface area contributed by atoms with E-state index in [4.69, 9.17) is 4.74 Å². The van der Waals surface area contributed by atoms with Crippen molar-refractivity contribution in [1.82, 2.24) is 9.97 Å². The summed E-state index contributed by atoms with van der Waals surface area (Å²) in [4.78, 5) is 8.38. The maximum Gasteiger partial charge on any atom is 0.225 e. The molecule has 17 heavy (non-hydrogen) atoms. The van der Waals surface area contributed by atoms with Crippen LogP contribution in [0.15, 0.2) is 42.6 Å². The fourth-order valence-corrected chi connectivity index (χ4v) is 1.33. The second kappa shape index (κ2) is 5.84. The molecule has 0 spiro atoms. The fraction of sp³-hybridized carbons (Fsp3) is 0.231. The molecule has 0 amide bonds. The van der Waals surface area contributed by atoms with E-state index in [0.29, 0.717) is 11.8 Å². The molecule has 0 aliphatic carbocycles. The Morgan fingerprint density at radius 1 is 1.18 bits per heavy atom. The molecular formula is C13H15N3O. The smallest absolute Gasteiger partial charge is 0.225 e. The molecule has 88 valence electrons. The first kappa shape index (κ1) is 11.4. The first-order chi connectivity index (χ1) is 8.38. The molecule has 0 aliphatic heterocycles. The van der Waals surface area contributed by atoms with Gasteiger partial charge in [0.1, 0.15) is 5.75 Å². The van der Waals surface area contributed by atoms with Gasteiger partial charge in [0.25, 0.3) is 0 Å². The van der Waals surface area contributed by atoms with E-state index in [1.54, 1.807) is 12.3 Å². The third kappa shape index (κ3) is 3.45. The molecule has 0 fully saturated rings. The Labute approximate surface area is 101 Å². The van der Waals surface area contributed by atoms with E-state index in [0.717, 1.165) is 18.7 Å². The zero-order chi connectivity index (χ0) is 11.9. The van der Waals surface area contributed by atoms with Crippen LogP contribution in [0.5, 0.6) is 11.6 Å². The van der Waals surface area contributed by atoms with E-state index in [1.807, 2.05) is 30.3 Å². The molecule has 0 saturated heterocycles. The number of ether oxygens (including phenoxy) is 1. The summed E-state index contributed by atoms with van der Waals surface area (Å²) in [5.74, 6) is 1.91. The number of anilines is 1. The molecule has 1 aromatic heterocycles. The van der Waals surface area contributed by atoms with Gasteiger partial charge in [-0.3, -0.25) is 0 Å². The molecule has 2 aromatic rings. The van der Waals surface area contributed by atoms with Gasteiger partial charge in [-0.1, -0.05) is 25.1 Å². The van der Waals surface area contributed by atoms with Crippen molar-refractivity contribution in [2.24, 2.45) is 0 Å². The average molecular weight is 229 g/mol. The van der Waals surface area contributed by atoms with Crippen LogP contribution in [0.2, 0.25) is 0 Å². The Hall–Kier alpha value is -2.10. The normalized spacial score (nSPS) is 9.94. The molecule has 4 heteroatoms. The van der Waals surface area contributed by atoms with Gasteiger partial charge in [-0.05, 0) is 18.6 Å². The first-order valence-corrected chi connectivity index (χ1v) is 5.68. The van der Waals surface area contributed by atoms with Gasteiger partial charge in [-0.25, -0.2) is 4.98 Å². The summed E-state index contributed by atoms with van der Waals surface area (Å²) in [6, 6.07) is 11.3. The van der Waals surface area contributed by atoms with Crippen LogP contribution in [0.4, 0.5) is 5.95 Å². The summed E-state index contributed by atoms with van der Waals surface area (Å²) >= 11 is 0. The van der Waals surface area contributed by atoms with Gasteiger partial charge in [-0.15, -0.1) is 0 Å². The van der Waals surface area contributed by atoms with Crippen molar-refractivity contribution < 1.29 is 4.74 Å². The van der Waals surface area contributed by atoms with Crippen molar-refractivity contribution in [3.63, 3.8) is 0 Å². The zero-order valence-corrected chi connectivity index (χ0v) is 9.76. The van der Waals surface area contributed by atoms with Gasteiger partial charge in [0, 0.05) is 18.8 Å². The molecule has 0 unspecified atom stereocenters. The van der Waals surface area contributed by atoms with Crippen molar-refractivity contribution in [3.05, 3.63) is 42.6 Å². The summed E-state index contributed by atoms with van der Waals surface area (Å²) in [6.07, 6.45) is 2.72. The molecule has 0 radical (unpaired) electrons. The van der Waals surface area contributed by atoms with E-state index in [9.17, 15) is 0 Å². The molecule has 2 rings (SSSR count). The maximum absolute atomic E-state index is 5.61. The number of rotatable bonds is 5. The molecule has 0 bridgehead atoms. The SMILES string of the molecule is CCCNc1nccc(Oc2ccccc2)n1. The van der Waals surface area contributed by atoms with Crippen molar-refractivity contribution >= 4 is 5.95 Å². The predicted octanol–water partition coefficient (Wildman–Crippen LogP) is 3.09. The van der Waals surface area contributed by atoms with Crippen LogP contribution in [-0.4, -0.2) is 16.5 Å². The van der Waals surface area contributed by atoms with E-state index < -0.39 is 0 Å². The van der Waals surface area contributed by atoms with Gasteiger partial charge >= 0.3 is 0 Å². The zero-order valence-electron chi connectivity index (χ0n) is 9.76. The molecule has 0 saturated carbocycles. The molecular weight excluding hydrogens is 214 g/mol. The van der Waals surface area contributed by atoms with Crippen molar-refractivity contribution in [2.45, 2.75) is 13.3 Å². The fourth-order valence-electron chi connectivity index (χ4n) is 1.33. The number of hydrogen-bond acceptors (Lipinski definition) is 4. The second-order valence-corrected chi connectivity index (χ2v) is 3.56. The molecule has 1 N–H and O–H groups in total. The van der Waals surface area contributed by atoms with Gasteiger partial charge < -0.3 is 10.1 Å². The Morgan fingerprint density at radius 2 is 2.00 bits per heavy atom. The minimum atomic E-state index is 0.546. The van der Waals surface area contributed by atoms with Crippen LogP contribution in [0.25, 0.3) is 0 Å². The Kier molecular flexibility index (Phi) is 3.91.